The summed E-state index contributed by atoms with van der Waals surface area (Å²) in [6.07, 6.45) is 2.99. The Bertz CT molecular complexity index is 529. The van der Waals surface area contributed by atoms with Crippen molar-refractivity contribution in [1.29, 1.82) is 0 Å². The van der Waals surface area contributed by atoms with Crippen molar-refractivity contribution in [2.45, 2.75) is 19.9 Å². The van der Waals surface area contributed by atoms with Gasteiger partial charge in [-0.15, -0.1) is 0 Å². The molecular weight excluding hydrogens is 276 g/mol. The third kappa shape index (κ3) is 3.80. The number of hydrogen-bond donors (Lipinski definition) is 2. The van der Waals surface area contributed by atoms with E-state index in [-0.39, 0.29) is 6.04 Å². The Morgan fingerprint density at radius 1 is 1.30 bits per heavy atom. The van der Waals surface area contributed by atoms with Crippen LogP contribution in [-0.2, 0) is 0 Å². The standard InChI is InChI=1S/C11H18N8S/c1-4-20-5-8(2)15-10-16-9(12-3)17-11(18-10)19-7-13-6-14-19/h6-8H,4-5H2,1-3H3,(H2,12,15,16,17,18). The van der Waals surface area contributed by atoms with Crippen LogP contribution in [0.4, 0.5) is 11.9 Å². The highest BCUT2D eigenvalue weighted by Crippen LogP contribution is 2.11. The lowest BCUT2D eigenvalue weighted by Gasteiger charge is -2.14. The maximum atomic E-state index is 4.35. The summed E-state index contributed by atoms with van der Waals surface area (Å²) in [7, 11) is 1.76. The molecule has 2 rings (SSSR count). The van der Waals surface area contributed by atoms with E-state index < -0.39 is 0 Å². The van der Waals surface area contributed by atoms with Crippen LogP contribution in [0.25, 0.3) is 5.95 Å². The number of thioether (sulfide) groups is 1. The Kier molecular flexibility index (Phi) is 5.10. The van der Waals surface area contributed by atoms with Crippen molar-refractivity contribution >= 4 is 23.7 Å². The minimum absolute atomic E-state index is 0.274. The Morgan fingerprint density at radius 3 is 2.75 bits per heavy atom. The van der Waals surface area contributed by atoms with Crippen molar-refractivity contribution < 1.29 is 0 Å². The molecule has 0 spiro atoms. The molecule has 1 atom stereocenters. The first-order valence-electron chi connectivity index (χ1n) is 6.36. The highest BCUT2D eigenvalue weighted by atomic mass is 32.2. The molecule has 2 aromatic heterocycles. The summed E-state index contributed by atoms with van der Waals surface area (Å²) in [5.41, 5.74) is 0. The van der Waals surface area contributed by atoms with Crippen molar-refractivity contribution in [3.05, 3.63) is 12.7 Å². The molecule has 0 aliphatic carbocycles. The second-order valence-corrected chi connectivity index (χ2v) is 5.40. The molecule has 1 unspecified atom stereocenters. The monoisotopic (exact) mass is 294 g/mol. The van der Waals surface area contributed by atoms with Gasteiger partial charge in [0.15, 0.2) is 0 Å². The third-order valence-electron chi connectivity index (χ3n) is 2.42. The number of nitrogens with one attached hydrogen (secondary N) is 2. The van der Waals surface area contributed by atoms with Gasteiger partial charge in [0.25, 0.3) is 5.95 Å². The minimum Gasteiger partial charge on any atom is -0.357 e. The van der Waals surface area contributed by atoms with E-state index in [9.17, 15) is 0 Å². The minimum atomic E-state index is 0.274. The highest BCUT2D eigenvalue weighted by Gasteiger charge is 2.10. The van der Waals surface area contributed by atoms with Gasteiger partial charge in [-0.1, -0.05) is 6.92 Å². The van der Waals surface area contributed by atoms with Crippen LogP contribution in [0.3, 0.4) is 0 Å². The van der Waals surface area contributed by atoms with Crippen molar-refractivity contribution in [2.75, 3.05) is 29.2 Å². The fourth-order valence-electron chi connectivity index (χ4n) is 1.51. The molecule has 0 aliphatic rings. The quantitative estimate of drug-likeness (QED) is 0.782. The van der Waals surface area contributed by atoms with Crippen LogP contribution in [0.1, 0.15) is 13.8 Å². The average molecular weight is 294 g/mol. The predicted molar refractivity (Wildman–Crippen MR) is 80.4 cm³/mol. The second kappa shape index (κ2) is 7.04. The van der Waals surface area contributed by atoms with Gasteiger partial charge in [0.05, 0.1) is 0 Å². The van der Waals surface area contributed by atoms with Crippen LogP contribution in [0.15, 0.2) is 12.7 Å². The molecule has 108 valence electrons. The fourth-order valence-corrected chi connectivity index (χ4v) is 2.18. The van der Waals surface area contributed by atoms with E-state index in [4.69, 9.17) is 0 Å². The first-order chi connectivity index (χ1) is 9.72. The number of hydrogen-bond acceptors (Lipinski definition) is 8. The molecule has 0 fully saturated rings. The predicted octanol–water partition coefficient (Wildman–Crippen LogP) is 1.05. The molecule has 8 nitrogen and oxygen atoms in total. The van der Waals surface area contributed by atoms with Gasteiger partial charge in [-0.25, -0.2) is 4.98 Å². The second-order valence-electron chi connectivity index (χ2n) is 4.08. The van der Waals surface area contributed by atoms with Crippen molar-refractivity contribution in [1.82, 2.24) is 29.7 Å². The average Bonchev–Trinajstić information content (AvgIpc) is 2.99. The van der Waals surface area contributed by atoms with Crippen LogP contribution >= 0.6 is 11.8 Å². The molecule has 9 heteroatoms. The summed E-state index contributed by atoms with van der Waals surface area (Å²) in [6, 6.07) is 0.274. The lowest BCUT2D eigenvalue weighted by molar-refractivity contribution is 0.788. The summed E-state index contributed by atoms with van der Waals surface area (Å²) in [5.74, 6) is 3.53. The van der Waals surface area contributed by atoms with Crippen LogP contribution < -0.4 is 10.6 Å². The lowest BCUT2D eigenvalue weighted by Crippen LogP contribution is -2.21. The van der Waals surface area contributed by atoms with Gasteiger partial charge >= 0.3 is 0 Å². The van der Waals surface area contributed by atoms with Crippen LogP contribution in [0, 0.1) is 0 Å². The smallest absolute Gasteiger partial charge is 0.258 e. The van der Waals surface area contributed by atoms with Gasteiger partial charge in [0, 0.05) is 18.8 Å². The molecule has 0 aromatic carbocycles. The third-order valence-corrected chi connectivity index (χ3v) is 3.56. The van der Waals surface area contributed by atoms with Gasteiger partial charge in [-0.3, -0.25) is 0 Å². The molecule has 0 bridgehead atoms. The molecular formula is C11H18N8S. The molecule has 2 N–H and O–H groups in total. The maximum Gasteiger partial charge on any atom is 0.258 e. The summed E-state index contributed by atoms with van der Waals surface area (Å²) in [4.78, 5) is 16.8. The summed E-state index contributed by atoms with van der Waals surface area (Å²) in [5, 5.41) is 10.2. The van der Waals surface area contributed by atoms with Gasteiger partial charge in [-0.05, 0) is 12.7 Å². The molecule has 20 heavy (non-hydrogen) atoms. The Labute approximate surface area is 121 Å². The number of aromatic nitrogens is 6. The molecule has 2 aromatic rings. The molecule has 0 saturated heterocycles. The van der Waals surface area contributed by atoms with E-state index >= 15 is 0 Å². The Hall–Kier alpha value is -1.90. The van der Waals surface area contributed by atoms with Crippen LogP contribution in [0.2, 0.25) is 0 Å². The van der Waals surface area contributed by atoms with Crippen molar-refractivity contribution in [3.63, 3.8) is 0 Å². The fraction of sp³-hybridized carbons (Fsp3) is 0.545. The summed E-state index contributed by atoms with van der Waals surface area (Å²) >= 11 is 1.87. The first kappa shape index (κ1) is 14.5. The normalized spacial score (nSPS) is 12.2. The molecule has 0 saturated carbocycles. The Balaban J connectivity index is 2.18. The summed E-state index contributed by atoms with van der Waals surface area (Å²) < 4.78 is 1.50. The summed E-state index contributed by atoms with van der Waals surface area (Å²) in [6.45, 7) is 4.24. The topological polar surface area (TPSA) is 93.4 Å². The van der Waals surface area contributed by atoms with Crippen molar-refractivity contribution in [2.24, 2.45) is 0 Å². The highest BCUT2D eigenvalue weighted by molar-refractivity contribution is 7.99. The van der Waals surface area contributed by atoms with Gasteiger partial charge in [0.1, 0.15) is 12.7 Å². The van der Waals surface area contributed by atoms with Gasteiger partial charge < -0.3 is 10.6 Å². The molecule has 0 aliphatic heterocycles. The molecule has 0 amide bonds. The number of nitrogens with zero attached hydrogens (tertiary/aromatic N) is 6. The maximum absolute atomic E-state index is 4.35. The van der Waals surface area contributed by atoms with E-state index in [1.54, 1.807) is 13.4 Å². The lowest BCUT2D eigenvalue weighted by atomic mass is 10.4. The first-order valence-corrected chi connectivity index (χ1v) is 7.51. The van der Waals surface area contributed by atoms with E-state index in [0.29, 0.717) is 17.8 Å². The van der Waals surface area contributed by atoms with E-state index in [2.05, 4.69) is 49.5 Å². The number of rotatable bonds is 7. The molecule has 2 heterocycles. The van der Waals surface area contributed by atoms with E-state index in [1.165, 1.54) is 11.0 Å². The van der Waals surface area contributed by atoms with Crippen molar-refractivity contribution in [3.8, 4) is 5.95 Å². The van der Waals surface area contributed by atoms with Gasteiger partial charge in [0.2, 0.25) is 11.9 Å². The van der Waals surface area contributed by atoms with Gasteiger partial charge in [-0.2, -0.15) is 36.5 Å². The molecule has 0 radical (unpaired) electrons. The zero-order chi connectivity index (χ0) is 14.4. The van der Waals surface area contributed by atoms with Crippen LogP contribution in [-0.4, -0.2) is 54.3 Å². The van der Waals surface area contributed by atoms with E-state index in [1.807, 2.05) is 11.8 Å². The Morgan fingerprint density at radius 2 is 2.10 bits per heavy atom. The van der Waals surface area contributed by atoms with E-state index in [0.717, 1.165) is 11.5 Å². The zero-order valence-electron chi connectivity index (χ0n) is 11.7. The SMILES string of the molecule is CCSCC(C)Nc1nc(NC)nc(-n2cncn2)n1. The number of anilines is 2. The largest absolute Gasteiger partial charge is 0.357 e. The zero-order valence-corrected chi connectivity index (χ0v) is 12.6. The van der Waals surface area contributed by atoms with Crippen LogP contribution in [0.5, 0.6) is 0 Å².